The largest absolute Gasteiger partial charge is 0.508 e. The molecule has 3 rings (SSSR count). The molecule has 2 heteroatoms. The quantitative estimate of drug-likeness (QED) is 0.903. The van der Waals surface area contributed by atoms with E-state index in [9.17, 15) is 5.11 Å². The van der Waals surface area contributed by atoms with Crippen LogP contribution in [-0.2, 0) is 13.1 Å². The van der Waals surface area contributed by atoms with Crippen molar-refractivity contribution in [2.75, 3.05) is 6.54 Å². The minimum Gasteiger partial charge on any atom is -0.508 e. The Bertz CT molecular complexity index is 561. The Morgan fingerprint density at radius 2 is 1.58 bits per heavy atom. The number of hydrogen-bond donors (Lipinski definition) is 1. The maximum absolute atomic E-state index is 9.22. The molecule has 2 aromatic carbocycles. The minimum absolute atomic E-state index is 0.312. The van der Waals surface area contributed by atoms with E-state index in [2.05, 4.69) is 41.3 Å². The Kier molecular flexibility index (Phi) is 3.34. The van der Waals surface area contributed by atoms with Crippen molar-refractivity contribution >= 4 is 6.08 Å². The summed E-state index contributed by atoms with van der Waals surface area (Å²) in [7, 11) is 0. The standard InChI is InChI=1S/C17H17NO/c19-17-9-7-14(8-10-17)4-3-11-18-12-15-5-1-2-6-16(15)13-18/h1-10,19H,11-13H2. The normalized spacial score (nSPS) is 14.9. The first-order valence-electron chi connectivity index (χ1n) is 6.56. The molecule has 0 atom stereocenters. The van der Waals surface area contributed by atoms with Gasteiger partial charge in [0.25, 0.3) is 0 Å². The maximum atomic E-state index is 9.22. The summed E-state index contributed by atoms with van der Waals surface area (Å²) in [6.07, 6.45) is 4.28. The molecule has 96 valence electrons. The topological polar surface area (TPSA) is 23.5 Å². The van der Waals surface area contributed by atoms with Crippen molar-refractivity contribution in [2.45, 2.75) is 13.1 Å². The van der Waals surface area contributed by atoms with Gasteiger partial charge in [0.2, 0.25) is 0 Å². The molecule has 0 saturated heterocycles. The zero-order valence-electron chi connectivity index (χ0n) is 10.8. The lowest BCUT2D eigenvalue weighted by atomic mass is 10.1. The summed E-state index contributed by atoms with van der Waals surface area (Å²) in [5.41, 5.74) is 4.01. The Balaban J connectivity index is 1.58. The molecular weight excluding hydrogens is 234 g/mol. The molecule has 19 heavy (non-hydrogen) atoms. The highest BCUT2D eigenvalue weighted by atomic mass is 16.3. The van der Waals surface area contributed by atoms with E-state index in [0.29, 0.717) is 5.75 Å². The third-order valence-electron chi connectivity index (χ3n) is 3.47. The van der Waals surface area contributed by atoms with Crippen LogP contribution in [0.3, 0.4) is 0 Å². The van der Waals surface area contributed by atoms with Crippen LogP contribution in [0.4, 0.5) is 0 Å². The summed E-state index contributed by atoms with van der Waals surface area (Å²) in [4.78, 5) is 2.42. The van der Waals surface area contributed by atoms with E-state index in [-0.39, 0.29) is 0 Å². The third-order valence-corrected chi connectivity index (χ3v) is 3.47. The molecule has 0 fully saturated rings. The van der Waals surface area contributed by atoms with Crippen LogP contribution in [0.25, 0.3) is 6.08 Å². The molecule has 0 aliphatic carbocycles. The Hall–Kier alpha value is -2.06. The molecule has 0 saturated carbocycles. The van der Waals surface area contributed by atoms with Gasteiger partial charge in [-0.1, -0.05) is 48.6 Å². The highest BCUT2D eigenvalue weighted by Crippen LogP contribution is 2.21. The van der Waals surface area contributed by atoms with Gasteiger partial charge >= 0.3 is 0 Å². The summed E-state index contributed by atoms with van der Waals surface area (Å²) in [6.45, 7) is 3.03. The van der Waals surface area contributed by atoms with Crippen molar-refractivity contribution in [3.05, 3.63) is 71.3 Å². The number of nitrogens with zero attached hydrogens (tertiary/aromatic N) is 1. The maximum Gasteiger partial charge on any atom is 0.115 e. The van der Waals surface area contributed by atoms with Crippen LogP contribution in [0.5, 0.6) is 5.75 Å². The van der Waals surface area contributed by atoms with Gasteiger partial charge in [-0.3, -0.25) is 4.90 Å². The van der Waals surface area contributed by atoms with E-state index in [0.717, 1.165) is 25.2 Å². The average Bonchev–Trinajstić information content (AvgIpc) is 2.83. The summed E-state index contributed by atoms with van der Waals surface area (Å²) in [5, 5.41) is 9.22. The molecule has 2 nitrogen and oxygen atoms in total. The van der Waals surface area contributed by atoms with Gasteiger partial charge in [0, 0.05) is 19.6 Å². The van der Waals surface area contributed by atoms with E-state index in [4.69, 9.17) is 0 Å². The first kappa shape index (κ1) is 12.0. The molecular formula is C17H17NO. The van der Waals surface area contributed by atoms with E-state index in [1.54, 1.807) is 12.1 Å². The number of hydrogen-bond acceptors (Lipinski definition) is 2. The second-order valence-electron chi connectivity index (χ2n) is 4.93. The van der Waals surface area contributed by atoms with Gasteiger partial charge in [-0.2, -0.15) is 0 Å². The first-order chi connectivity index (χ1) is 9.31. The predicted molar refractivity (Wildman–Crippen MR) is 77.7 cm³/mol. The Morgan fingerprint density at radius 1 is 0.947 bits per heavy atom. The van der Waals surface area contributed by atoms with Crippen LogP contribution in [0.15, 0.2) is 54.6 Å². The molecule has 1 heterocycles. The lowest BCUT2D eigenvalue weighted by Gasteiger charge is -2.11. The molecule has 1 aliphatic heterocycles. The van der Waals surface area contributed by atoms with Crippen LogP contribution >= 0.6 is 0 Å². The summed E-state index contributed by atoms with van der Waals surface area (Å²) < 4.78 is 0. The fraction of sp³-hybridized carbons (Fsp3) is 0.176. The SMILES string of the molecule is Oc1ccc(C=CCN2Cc3ccccc3C2)cc1. The summed E-state index contributed by atoms with van der Waals surface area (Å²) in [6, 6.07) is 15.9. The molecule has 0 unspecified atom stereocenters. The molecule has 0 aromatic heterocycles. The second-order valence-corrected chi connectivity index (χ2v) is 4.93. The molecule has 0 bridgehead atoms. The smallest absolute Gasteiger partial charge is 0.115 e. The minimum atomic E-state index is 0.312. The third kappa shape index (κ3) is 2.85. The number of fused-ring (bicyclic) bond motifs is 1. The van der Waals surface area contributed by atoms with Crippen LogP contribution in [0, 0.1) is 0 Å². The van der Waals surface area contributed by atoms with Gasteiger partial charge in [-0.25, -0.2) is 0 Å². The fourth-order valence-electron chi connectivity index (χ4n) is 2.46. The van der Waals surface area contributed by atoms with Crippen LogP contribution in [0.2, 0.25) is 0 Å². The number of phenolic OH excluding ortho intramolecular Hbond substituents is 1. The molecule has 2 aromatic rings. The lowest BCUT2D eigenvalue weighted by Crippen LogP contribution is -2.15. The van der Waals surface area contributed by atoms with Gasteiger partial charge in [0.15, 0.2) is 0 Å². The van der Waals surface area contributed by atoms with Gasteiger partial charge in [0.1, 0.15) is 5.75 Å². The monoisotopic (exact) mass is 251 g/mol. The van der Waals surface area contributed by atoms with Gasteiger partial charge in [0.05, 0.1) is 0 Å². The lowest BCUT2D eigenvalue weighted by molar-refractivity contribution is 0.317. The van der Waals surface area contributed by atoms with Gasteiger partial charge in [-0.05, 0) is 28.8 Å². The van der Waals surface area contributed by atoms with Crippen LogP contribution in [-0.4, -0.2) is 16.6 Å². The highest BCUT2D eigenvalue weighted by Gasteiger charge is 2.16. The predicted octanol–water partition coefficient (Wildman–Crippen LogP) is 3.42. The van der Waals surface area contributed by atoms with Gasteiger partial charge in [-0.15, -0.1) is 0 Å². The molecule has 0 spiro atoms. The van der Waals surface area contributed by atoms with Crippen molar-refractivity contribution < 1.29 is 5.11 Å². The highest BCUT2D eigenvalue weighted by molar-refractivity contribution is 5.50. The van der Waals surface area contributed by atoms with Crippen molar-refractivity contribution in [3.8, 4) is 5.75 Å². The van der Waals surface area contributed by atoms with Crippen LogP contribution < -0.4 is 0 Å². The van der Waals surface area contributed by atoms with E-state index >= 15 is 0 Å². The van der Waals surface area contributed by atoms with Crippen molar-refractivity contribution in [3.63, 3.8) is 0 Å². The van der Waals surface area contributed by atoms with Gasteiger partial charge < -0.3 is 5.11 Å². The van der Waals surface area contributed by atoms with E-state index in [1.807, 2.05) is 12.1 Å². The second kappa shape index (κ2) is 5.29. The fourth-order valence-corrected chi connectivity index (χ4v) is 2.46. The first-order valence-corrected chi connectivity index (χ1v) is 6.56. The van der Waals surface area contributed by atoms with E-state index in [1.165, 1.54) is 11.1 Å². The Labute approximate surface area is 113 Å². The average molecular weight is 251 g/mol. The number of aromatic hydroxyl groups is 1. The Morgan fingerprint density at radius 3 is 2.21 bits per heavy atom. The zero-order chi connectivity index (χ0) is 13.1. The molecule has 1 aliphatic rings. The zero-order valence-corrected chi connectivity index (χ0v) is 10.8. The summed E-state index contributed by atoms with van der Waals surface area (Å²) >= 11 is 0. The molecule has 0 amide bonds. The summed E-state index contributed by atoms with van der Waals surface area (Å²) in [5.74, 6) is 0.312. The van der Waals surface area contributed by atoms with E-state index < -0.39 is 0 Å². The van der Waals surface area contributed by atoms with Crippen molar-refractivity contribution in [1.29, 1.82) is 0 Å². The number of rotatable bonds is 3. The number of phenols is 1. The van der Waals surface area contributed by atoms with Crippen molar-refractivity contribution in [2.24, 2.45) is 0 Å². The van der Waals surface area contributed by atoms with Crippen molar-refractivity contribution in [1.82, 2.24) is 4.90 Å². The number of benzene rings is 2. The molecule has 0 radical (unpaired) electrons. The molecule has 1 N–H and O–H groups in total. The van der Waals surface area contributed by atoms with Crippen LogP contribution in [0.1, 0.15) is 16.7 Å².